The lowest BCUT2D eigenvalue weighted by Crippen LogP contribution is -2.50. The Morgan fingerprint density at radius 3 is 2.45 bits per heavy atom. The van der Waals surface area contributed by atoms with E-state index in [2.05, 4.69) is 43.6 Å². The Balaban J connectivity index is 1.26. The first-order chi connectivity index (χ1) is 15.3. The average Bonchev–Trinajstić information content (AvgIpc) is 2.82. The highest BCUT2D eigenvalue weighted by atomic mass is 16.5. The summed E-state index contributed by atoms with van der Waals surface area (Å²) < 4.78 is 5.47. The van der Waals surface area contributed by atoms with Gasteiger partial charge in [-0.25, -0.2) is 4.79 Å². The van der Waals surface area contributed by atoms with Gasteiger partial charge in [0.2, 0.25) is 0 Å². The monoisotopic (exact) mass is 423 g/mol. The largest absolute Gasteiger partial charge is 0.379 e. The van der Waals surface area contributed by atoms with E-state index in [0.29, 0.717) is 0 Å². The van der Waals surface area contributed by atoms with Crippen molar-refractivity contribution in [2.75, 3.05) is 45.9 Å². The first kappa shape index (κ1) is 21.7. The first-order valence-corrected chi connectivity index (χ1v) is 11.3. The SMILES string of the molecule is O=C(NC1CCN(Cc2ccccn2)CC1)NC(CN1CCOCC1)c1ccccc1. The predicted octanol–water partition coefficient (Wildman–Crippen LogP) is 2.42. The summed E-state index contributed by atoms with van der Waals surface area (Å²) in [7, 11) is 0. The Hall–Kier alpha value is -2.48. The standard InChI is InChI=1S/C24H33N5O2/c30-24(26-21-9-12-28(13-10-21)18-22-8-4-5-11-25-22)27-23(20-6-2-1-3-7-20)19-29-14-16-31-17-15-29/h1-8,11,21,23H,9-10,12-19H2,(H2,26,27,30). The number of morpholine rings is 1. The maximum absolute atomic E-state index is 12.8. The van der Waals surface area contributed by atoms with Crippen molar-refractivity contribution in [3.8, 4) is 0 Å². The molecule has 7 nitrogen and oxygen atoms in total. The second-order valence-electron chi connectivity index (χ2n) is 8.37. The average molecular weight is 424 g/mol. The van der Waals surface area contributed by atoms with Gasteiger partial charge in [-0.05, 0) is 30.5 Å². The van der Waals surface area contributed by atoms with E-state index < -0.39 is 0 Å². The molecule has 3 heterocycles. The van der Waals surface area contributed by atoms with Crippen LogP contribution < -0.4 is 10.6 Å². The number of urea groups is 1. The minimum atomic E-state index is -0.0784. The molecule has 0 aliphatic carbocycles. The Kier molecular flexibility index (Phi) is 7.87. The minimum Gasteiger partial charge on any atom is -0.379 e. The second kappa shape index (κ2) is 11.2. The smallest absolute Gasteiger partial charge is 0.315 e. The third kappa shape index (κ3) is 6.75. The number of nitrogens with zero attached hydrogens (tertiary/aromatic N) is 3. The van der Waals surface area contributed by atoms with Crippen LogP contribution in [0.5, 0.6) is 0 Å². The Bertz CT molecular complexity index is 790. The number of nitrogens with one attached hydrogen (secondary N) is 2. The lowest BCUT2D eigenvalue weighted by atomic mass is 10.0. The minimum absolute atomic E-state index is 0.0384. The number of likely N-dealkylation sites (tertiary alicyclic amines) is 1. The number of hydrogen-bond donors (Lipinski definition) is 2. The number of piperidine rings is 1. The Morgan fingerprint density at radius 2 is 1.74 bits per heavy atom. The number of amides is 2. The summed E-state index contributed by atoms with van der Waals surface area (Å²) in [5, 5.41) is 6.43. The molecule has 2 N–H and O–H groups in total. The van der Waals surface area contributed by atoms with Gasteiger partial charge in [0.15, 0.2) is 0 Å². The van der Waals surface area contributed by atoms with Crippen LogP contribution >= 0.6 is 0 Å². The van der Waals surface area contributed by atoms with Crippen LogP contribution in [0.15, 0.2) is 54.7 Å². The van der Waals surface area contributed by atoms with Gasteiger partial charge in [-0.15, -0.1) is 0 Å². The number of carbonyl (C=O) groups excluding carboxylic acids is 1. The number of aromatic nitrogens is 1. The molecule has 0 saturated carbocycles. The molecule has 0 radical (unpaired) electrons. The van der Waals surface area contributed by atoms with E-state index in [1.807, 2.05) is 36.5 Å². The van der Waals surface area contributed by atoms with Crippen molar-refractivity contribution in [3.05, 3.63) is 66.0 Å². The summed E-state index contributed by atoms with van der Waals surface area (Å²) in [5.74, 6) is 0. The highest BCUT2D eigenvalue weighted by Gasteiger charge is 2.24. The Labute approximate surface area is 184 Å². The molecule has 2 amide bonds. The van der Waals surface area contributed by atoms with Crippen LogP contribution in [0.1, 0.15) is 30.1 Å². The summed E-state index contributed by atoms with van der Waals surface area (Å²) in [6.45, 7) is 6.92. The molecule has 1 atom stereocenters. The zero-order chi connectivity index (χ0) is 21.3. The molecule has 2 aliphatic rings. The summed E-state index contributed by atoms with van der Waals surface area (Å²) in [6, 6.07) is 16.4. The third-order valence-corrected chi connectivity index (χ3v) is 6.09. The molecule has 0 spiro atoms. The predicted molar refractivity (Wildman–Crippen MR) is 121 cm³/mol. The number of pyridine rings is 1. The fraction of sp³-hybridized carbons (Fsp3) is 0.500. The van der Waals surface area contributed by atoms with E-state index in [9.17, 15) is 4.79 Å². The maximum Gasteiger partial charge on any atom is 0.315 e. The summed E-state index contributed by atoms with van der Waals surface area (Å²) in [5.41, 5.74) is 2.23. The van der Waals surface area contributed by atoms with Crippen LogP contribution in [0.25, 0.3) is 0 Å². The number of rotatable bonds is 7. The van der Waals surface area contributed by atoms with E-state index in [4.69, 9.17) is 4.74 Å². The quantitative estimate of drug-likeness (QED) is 0.716. The molecule has 31 heavy (non-hydrogen) atoms. The highest BCUT2D eigenvalue weighted by molar-refractivity contribution is 5.74. The van der Waals surface area contributed by atoms with Crippen molar-refractivity contribution in [2.45, 2.75) is 31.5 Å². The van der Waals surface area contributed by atoms with Crippen molar-refractivity contribution in [1.29, 1.82) is 0 Å². The molecule has 2 aliphatic heterocycles. The normalized spacial score (nSPS) is 19.6. The van der Waals surface area contributed by atoms with Crippen LogP contribution in [0.2, 0.25) is 0 Å². The summed E-state index contributed by atoms with van der Waals surface area (Å²) in [4.78, 5) is 22.0. The van der Waals surface area contributed by atoms with Crippen LogP contribution in [-0.4, -0.2) is 72.8 Å². The van der Waals surface area contributed by atoms with Gasteiger partial charge in [-0.3, -0.25) is 14.8 Å². The van der Waals surface area contributed by atoms with Crippen LogP contribution in [0.4, 0.5) is 4.79 Å². The van der Waals surface area contributed by atoms with Gasteiger partial charge >= 0.3 is 6.03 Å². The first-order valence-electron chi connectivity index (χ1n) is 11.3. The molecule has 2 saturated heterocycles. The lowest BCUT2D eigenvalue weighted by molar-refractivity contribution is 0.0339. The van der Waals surface area contributed by atoms with Crippen LogP contribution in [0, 0.1) is 0 Å². The van der Waals surface area contributed by atoms with Crippen molar-refractivity contribution < 1.29 is 9.53 Å². The maximum atomic E-state index is 12.8. The van der Waals surface area contributed by atoms with Gasteiger partial charge in [-0.2, -0.15) is 0 Å². The van der Waals surface area contributed by atoms with Crippen molar-refractivity contribution in [1.82, 2.24) is 25.4 Å². The van der Waals surface area contributed by atoms with Gasteiger partial charge in [0, 0.05) is 51.5 Å². The molecule has 7 heteroatoms. The topological polar surface area (TPSA) is 69.7 Å². The van der Waals surface area contributed by atoms with Crippen molar-refractivity contribution in [2.24, 2.45) is 0 Å². The zero-order valence-corrected chi connectivity index (χ0v) is 18.1. The van der Waals surface area contributed by atoms with Gasteiger partial charge in [0.1, 0.15) is 0 Å². The van der Waals surface area contributed by atoms with Gasteiger partial charge < -0.3 is 15.4 Å². The fourth-order valence-electron chi connectivity index (χ4n) is 4.30. The van der Waals surface area contributed by atoms with Crippen molar-refractivity contribution >= 4 is 6.03 Å². The third-order valence-electron chi connectivity index (χ3n) is 6.09. The van der Waals surface area contributed by atoms with E-state index in [1.165, 1.54) is 0 Å². The number of hydrogen-bond acceptors (Lipinski definition) is 5. The van der Waals surface area contributed by atoms with E-state index in [1.54, 1.807) is 0 Å². The molecule has 166 valence electrons. The van der Waals surface area contributed by atoms with Crippen LogP contribution in [-0.2, 0) is 11.3 Å². The molecule has 4 rings (SSSR count). The zero-order valence-electron chi connectivity index (χ0n) is 18.1. The van der Waals surface area contributed by atoms with Crippen molar-refractivity contribution in [3.63, 3.8) is 0 Å². The molecule has 1 unspecified atom stereocenters. The fourth-order valence-corrected chi connectivity index (χ4v) is 4.30. The Morgan fingerprint density at radius 1 is 1.00 bits per heavy atom. The molecule has 1 aromatic heterocycles. The molecular formula is C24H33N5O2. The van der Waals surface area contributed by atoms with E-state index in [-0.39, 0.29) is 18.1 Å². The summed E-state index contributed by atoms with van der Waals surface area (Å²) >= 11 is 0. The molecule has 2 aromatic rings. The number of carbonyl (C=O) groups is 1. The lowest BCUT2D eigenvalue weighted by Gasteiger charge is -2.33. The molecule has 2 fully saturated rings. The van der Waals surface area contributed by atoms with Gasteiger partial charge in [0.25, 0.3) is 0 Å². The number of ether oxygens (including phenoxy) is 1. The van der Waals surface area contributed by atoms with E-state index in [0.717, 1.165) is 76.6 Å². The molecule has 0 bridgehead atoms. The van der Waals surface area contributed by atoms with E-state index >= 15 is 0 Å². The molecule has 1 aromatic carbocycles. The second-order valence-corrected chi connectivity index (χ2v) is 8.37. The summed E-state index contributed by atoms with van der Waals surface area (Å²) in [6.07, 6.45) is 3.76. The van der Waals surface area contributed by atoms with Gasteiger partial charge in [0.05, 0.1) is 24.9 Å². The highest BCUT2D eigenvalue weighted by Crippen LogP contribution is 2.16. The van der Waals surface area contributed by atoms with Crippen LogP contribution in [0.3, 0.4) is 0 Å². The number of benzene rings is 1. The molecular weight excluding hydrogens is 390 g/mol. The van der Waals surface area contributed by atoms with Gasteiger partial charge in [-0.1, -0.05) is 36.4 Å².